The Balaban J connectivity index is 0.00000144. The molecule has 0 aliphatic heterocycles. The molecule has 0 bridgehead atoms. The highest BCUT2D eigenvalue weighted by atomic mass is 35.5. The zero-order valence-corrected chi connectivity index (χ0v) is 10.9. The summed E-state index contributed by atoms with van der Waals surface area (Å²) in [6.07, 6.45) is 2.56. The number of carbonyl (C=O) groups excluding carboxylic acids is 1. The highest BCUT2D eigenvalue weighted by Crippen LogP contribution is 2.29. The average molecular weight is 255 g/mol. The van der Waals surface area contributed by atoms with Gasteiger partial charge >= 0.3 is 0 Å². The van der Waals surface area contributed by atoms with Gasteiger partial charge in [-0.05, 0) is 30.9 Å². The van der Waals surface area contributed by atoms with Crippen molar-refractivity contribution in [3.8, 4) is 0 Å². The van der Waals surface area contributed by atoms with Crippen molar-refractivity contribution in [3.63, 3.8) is 0 Å². The smallest absolute Gasteiger partial charge is 0.241 e. The van der Waals surface area contributed by atoms with E-state index in [2.05, 4.69) is 5.32 Å². The summed E-state index contributed by atoms with van der Waals surface area (Å²) in [4.78, 5) is 13.6. The topological polar surface area (TPSA) is 32.3 Å². The summed E-state index contributed by atoms with van der Waals surface area (Å²) in [6, 6.07) is 9.82. The summed E-state index contributed by atoms with van der Waals surface area (Å²) in [6.45, 7) is 1.29. The van der Waals surface area contributed by atoms with Crippen LogP contribution in [0.2, 0.25) is 0 Å². The molecule has 0 aromatic heterocycles. The van der Waals surface area contributed by atoms with Crippen LogP contribution in [0.5, 0.6) is 0 Å². The lowest BCUT2D eigenvalue weighted by Crippen LogP contribution is -2.33. The molecule has 3 nitrogen and oxygen atoms in total. The maximum Gasteiger partial charge on any atom is 0.241 e. The Morgan fingerprint density at radius 1 is 1.35 bits per heavy atom. The molecule has 1 aromatic carbocycles. The van der Waals surface area contributed by atoms with Crippen molar-refractivity contribution < 1.29 is 4.79 Å². The van der Waals surface area contributed by atoms with Crippen molar-refractivity contribution in [1.29, 1.82) is 0 Å². The largest absolute Gasteiger partial charge is 0.376 e. The molecule has 0 unspecified atom stereocenters. The van der Waals surface area contributed by atoms with Gasteiger partial charge in [-0.1, -0.05) is 18.2 Å². The molecule has 0 saturated heterocycles. The zero-order valence-electron chi connectivity index (χ0n) is 10.1. The van der Waals surface area contributed by atoms with E-state index in [1.54, 1.807) is 0 Å². The molecule has 2 rings (SSSR count). The molecule has 1 aromatic rings. The summed E-state index contributed by atoms with van der Waals surface area (Å²) in [7, 11) is 1.88. The van der Waals surface area contributed by atoms with Gasteiger partial charge in [-0.15, -0.1) is 12.4 Å². The highest BCUT2D eigenvalue weighted by molar-refractivity contribution is 5.85. The van der Waals surface area contributed by atoms with E-state index in [9.17, 15) is 4.79 Å². The molecular weight excluding hydrogens is 236 g/mol. The van der Waals surface area contributed by atoms with Crippen LogP contribution in [0.4, 0.5) is 5.69 Å². The minimum atomic E-state index is 0. The maximum atomic E-state index is 11.7. The first kappa shape index (κ1) is 13.8. The number of halogens is 1. The van der Waals surface area contributed by atoms with Crippen molar-refractivity contribution in [1.82, 2.24) is 4.90 Å². The summed E-state index contributed by atoms with van der Waals surface area (Å²) >= 11 is 0. The molecule has 1 amide bonds. The maximum absolute atomic E-state index is 11.7. The van der Waals surface area contributed by atoms with Crippen LogP contribution in [0.15, 0.2) is 30.3 Å². The minimum Gasteiger partial charge on any atom is -0.376 e. The average Bonchev–Trinajstić information content (AvgIpc) is 3.11. The molecule has 0 atom stereocenters. The highest BCUT2D eigenvalue weighted by Gasteiger charge is 2.24. The number of benzene rings is 1. The lowest BCUT2D eigenvalue weighted by Gasteiger charge is -2.17. The summed E-state index contributed by atoms with van der Waals surface area (Å²) in [5.74, 6) is 0.918. The predicted octanol–water partition coefficient (Wildman–Crippen LogP) is 2.39. The number of nitrogens with one attached hydrogen (secondary N) is 1. The van der Waals surface area contributed by atoms with E-state index in [-0.39, 0.29) is 18.3 Å². The van der Waals surface area contributed by atoms with Crippen LogP contribution < -0.4 is 5.32 Å². The van der Waals surface area contributed by atoms with E-state index in [4.69, 9.17) is 0 Å². The molecule has 0 radical (unpaired) electrons. The van der Waals surface area contributed by atoms with Gasteiger partial charge in [0.1, 0.15) is 0 Å². The van der Waals surface area contributed by atoms with Crippen LogP contribution >= 0.6 is 12.4 Å². The SMILES string of the molecule is CN(CC1CC1)C(=O)CNc1ccccc1.Cl. The normalized spacial score (nSPS) is 13.7. The molecule has 1 N–H and O–H groups in total. The van der Waals surface area contributed by atoms with Gasteiger partial charge in [0.25, 0.3) is 0 Å². The van der Waals surface area contributed by atoms with E-state index in [0.717, 1.165) is 18.2 Å². The van der Waals surface area contributed by atoms with E-state index in [1.807, 2.05) is 42.3 Å². The summed E-state index contributed by atoms with van der Waals surface area (Å²) < 4.78 is 0. The number of likely N-dealkylation sites (N-methyl/N-ethyl adjacent to an activating group) is 1. The standard InChI is InChI=1S/C13H18N2O.ClH/c1-15(10-11-7-8-11)13(16)9-14-12-5-3-2-4-6-12;/h2-6,11,14H,7-10H2,1H3;1H. The molecule has 17 heavy (non-hydrogen) atoms. The van der Waals surface area contributed by atoms with Gasteiger partial charge in [0, 0.05) is 19.3 Å². The van der Waals surface area contributed by atoms with Crippen LogP contribution in [0.25, 0.3) is 0 Å². The second-order valence-electron chi connectivity index (χ2n) is 4.44. The van der Waals surface area contributed by atoms with Crippen molar-refractivity contribution in [2.75, 3.05) is 25.5 Å². The predicted molar refractivity (Wildman–Crippen MR) is 72.5 cm³/mol. The third-order valence-electron chi connectivity index (χ3n) is 2.87. The van der Waals surface area contributed by atoms with Gasteiger partial charge in [-0.2, -0.15) is 0 Å². The Kier molecular flexibility index (Phi) is 5.29. The first-order valence-corrected chi connectivity index (χ1v) is 5.78. The number of hydrogen-bond donors (Lipinski definition) is 1. The monoisotopic (exact) mass is 254 g/mol. The summed E-state index contributed by atoms with van der Waals surface area (Å²) in [5.41, 5.74) is 0.996. The lowest BCUT2D eigenvalue weighted by atomic mass is 10.3. The van der Waals surface area contributed by atoms with Crippen molar-refractivity contribution in [2.24, 2.45) is 5.92 Å². The minimum absolute atomic E-state index is 0. The second-order valence-corrected chi connectivity index (χ2v) is 4.44. The lowest BCUT2D eigenvalue weighted by molar-refractivity contribution is -0.128. The number of hydrogen-bond acceptors (Lipinski definition) is 2. The number of amides is 1. The first-order valence-electron chi connectivity index (χ1n) is 5.78. The van der Waals surface area contributed by atoms with Crippen LogP contribution in [0.1, 0.15) is 12.8 Å². The van der Waals surface area contributed by atoms with E-state index in [1.165, 1.54) is 12.8 Å². The van der Waals surface area contributed by atoms with E-state index in [0.29, 0.717) is 6.54 Å². The molecule has 4 heteroatoms. The quantitative estimate of drug-likeness (QED) is 0.875. The number of carbonyl (C=O) groups is 1. The molecular formula is C13H19ClN2O. The zero-order chi connectivity index (χ0) is 11.4. The molecule has 1 saturated carbocycles. The van der Waals surface area contributed by atoms with Gasteiger partial charge in [-0.3, -0.25) is 4.79 Å². The number of rotatable bonds is 5. The van der Waals surface area contributed by atoms with E-state index < -0.39 is 0 Å². The molecule has 1 aliphatic carbocycles. The fraction of sp³-hybridized carbons (Fsp3) is 0.462. The van der Waals surface area contributed by atoms with Gasteiger partial charge in [-0.25, -0.2) is 0 Å². The second kappa shape index (κ2) is 6.50. The number of nitrogens with zero attached hydrogens (tertiary/aromatic N) is 1. The van der Waals surface area contributed by atoms with Gasteiger partial charge in [0.05, 0.1) is 6.54 Å². The molecule has 1 aliphatic rings. The van der Waals surface area contributed by atoms with Crippen LogP contribution in [0.3, 0.4) is 0 Å². The Bertz CT molecular complexity index is 352. The fourth-order valence-corrected chi connectivity index (χ4v) is 1.66. The molecule has 94 valence electrons. The molecule has 0 heterocycles. The Hall–Kier alpha value is -1.22. The van der Waals surface area contributed by atoms with Gasteiger partial charge < -0.3 is 10.2 Å². The molecule has 0 spiro atoms. The summed E-state index contributed by atoms with van der Waals surface area (Å²) in [5, 5.41) is 3.13. The molecule has 1 fully saturated rings. The van der Waals surface area contributed by atoms with Crippen molar-refractivity contribution in [3.05, 3.63) is 30.3 Å². The van der Waals surface area contributed by atoms with Crippen LogP contribution in [-0.4, -0.2) is 30.9 Å². The number of anilines is 1. The van der Waals surface area contributed by atoms with Crippen LogP contribution in [-0.2, 0) is 4.79 Å². The number of para-hydroxylation sites is 1. The third-order valence-corrected chi connectivity index (χ3v) is 2.87. The van der Waals surface area contributed by atoms with Crippen molar-refractivity contribution in [2.45, 2.75) is 12.8 Å². The Morgan fingerprint density at radius 2 is 2.00 bits per heavy atom. The fourth-order valence-electron chi connectivity index (χ4n) is 1.66. The van der Waals surface area contributed by atoms with E-state index >= 15 is 0 Å². The first-order chi connectivity index (χ1) is 7.75. The van der Waals surface area contributed by atoms with Gasteiger partial charge in [0.15, 0.2) is 0 Å². The van der Waals surface area contributed by atoms with Crippen molar-refractivity contribution >= 4 is 24.0 Å². The van der Waals surface area contributed by atoms with Crippen LogP contribution in [0, 0.1) is 5.92 Å². The Labute approximate surface area is 109 Å². The third kappa shape index (κ3) is 4.65. The Morgan fingerprint density at radius 3 is 2.59 bits per heavy atom. The van der Waals surface area contributed by atoms with Gasteiger partial charge in [0.2, 0.25) is 5.91 Å².